The van der Waals surface area contributed by atoms with Crippen molar-refractivity contribution in [3.05, 3.63) is 69.0 Å². The Hall–Kier alpha value is -2.61. The molecule has 0 aliphatic carbocycles. The van der Waals surface area contributed by atoms with Crippen molar-refractivity contribution < 1.29 is 14.7 Å². The van der Waals surface area contributed by atoms with Crippen LogP contribution in [0.2, 0.25) is 10.0 Å². The molecule has 33 heavy (non-hydrogen) atoms. The highest BCUT2D eigenvalue weighted by atomic mass is 35.5. The summed E-state index contributed by atoms with van der Waals surface area (Å²) in [5, 5.41) is 15.7. The molecule has 174 valence electrons. The lowest BCUT2D eigenvalue weighted by Crippen LogP contribution is -2.41. The minimum Gasteiger partial charge on any atom is -0.480 e. The number of nitrogens with one attached hydrogen (secondary N) is 1. The molecule has 3 rings (SSSR count). The Bertz CT molecular complexity index is 1130. The van der Waals surface area contributed by atoms with Crippen molar-refractivity contribution in [3.63, 3.8) is 0 Å². The summed E-state index contributed by atoms with van der Waals surface area (Å²) in [7, 11) is 1.95. The highest BCUT2D eigenvalue weighted by Gasteiger charge is 2.21. The van der Waals surface area contributed by atoms with E-state index in [1.807, 2.05) is 49.4 Å². The number of rotatable bonds is 9. The fourth-order valence-electron chi connectivity index (χ4n) is 3.27. The molecule has 1 amide bonds. The summed E-state index contributed by atoms with van der Waals surface area (Å²) in [6.07, 6.45) is 0.377. The van der Waals surface area contributed by atoms with Gasteiger partial charge in [-0.25, -0.2) is 9.78 Å². The number of carboxylic acid groups (broad SMARTS) is 1. The lowest BCUT2D eigenvalue weighted by molar-refractivity contribution is -0.139. The molecule has 2 aromatic carbocycles. The van der Waals surface area contributed by atoms with Gasteiger partial charge in [0.15, 0.2) is 5.13 Å². The average molecular weight is 506 g/mol. The first kappa shape index (κ1) is 25.0. The van der Waals surface area contributed by atoms with Crippen LogP contribution in [0.3, 0.4) is 0 Å². The van der Waals surface area contributed by atoms with Gasteiger partial charge in [0.2, 0.25) is 0 Å². The summed E-state index contributed by atoms with van der Waals surface area (Å²) in [5.74, 6) is -1.26. The van der Waals surface area contributed by atoms with Gasteiger partial charge in [-0.15, -0.1) is 11.3 Å². The van der Waals surface area contributed by atoms with Gasteiger partial charge < -0.3 is 15.3 Å². The van der Waals surface area contributed by atoms with Gasteiger partial charge in [-0.2, -0.15) is 0 Å². The zero-order valence-corrected chi connectivity index (χ0v) is 20.8. The van der Waals surface area contributed by atoms with Crippen molar-refractivity contribution in [2.45, 2.75) is 32.9 Å². The molecular weight excluding hydrogens is 481 g/mol. The maximum atomic E-state index is 12.5. The number of carboxylic acids is 1. The lowest BCUT2D eigenvalue weighted by Gasteiger charge is -2.17. The number of nitrogens with zero attached hydrogens (tertiary/aromatic N) is 2. The van der Waals surface area contributed by atoms with Gasteiger partial charge in [0, 0.05) is 30.1 Å². The summed E-state index contributed by atoms with van der Waals surface area (Å²) in [6, 6.07) is 11.6. The third-order valence-electron chi connectivity index (χ3n) is 4.98. The second-order valence-corrected chi connectivity index (χ2v) is 9.84. The monoisotopic (exact) mass is 505 g/mol. The number of halogens is 2. The summed E-state index contributed by atoms with van der Waals surface area (Å²) < 4.78 is 0. The molecule has 1 unspecified atom stereocenters. The van der Waals surface area contributed by atoms with E-state index >= 15 is 0 Å². The van der Waals surface area contributed by atoms with Crippen LogP contribution in [-0.4, -0.2) is 35.1 Å². The normalized spacial score (nSPS) is 11.9. The van der Waals surface area contributed by atoms with Crippen LogP contribution in [0.15, 0.2) is 47.8 Å². The van der Waals surface area contributed by atoms with E-state index in [1.54, 1.807) is 24.3 Å². The van der Waals surface area contributed by atoms with Crippen LogP contribution in [0, 0.1) is 5.92 Å². The third-order valence-corrected chi connectivity index (χ3v) is 6.67. The molecule has 1 aromatic heterocycles. The Labute approximate surface area is 207 Å². The Morgan fingerprint density at radius 2 is 1.82 bits per heavy atom. The second kappa shape index (κ2) is 11.0. The summed E-state index contributed by atoms with van der Waals surface area (Å²) in [6.45, 7) is 4.44. The number of aliphatic carboxylic acids is 1. The molecular formula is C24H25Cl2N3O3S. The smallest absolute Gasteiger partial charge is 0.326 e. The van der Waals surface area contributed by atoms with E-state index in [4.69, 9.17) is 23.2 Å². The van der Waals surface area contributed by atoms with Crippen LogP contribution in [0.5, 0.6) is 0 Å². The van der Waals surface area contributed by atoms with Crippen LogP contribution >= 0.6 is 34.5 Å². The number of hydrogen-bond donors (Lipinski definition) is 2. The largest absolute Gasteiger partial charge is 0.480 e. The maximum absolute atomic E-state index is 12.5. The molecule has 6 nitrogen and oxygen atoms in total. The van der Waals surface area contributed by atoms with Crippen LogP contribution in [-0.2, 0) is 11.3 Å². The van der Waals surface area contributed by atoms with Gasteiger partial charge in [0.25, 0.3) is 5.91 Å². The predicted octanol–water partition coefficient (Wildman–Crippen LogP) is 5.98. The standard InChI is InChI=1S/C24H25Cl2N3O3S/c1-14(2)10-20(23(31)32)27-22(30)16-6-4-15(5-7-16)12-29(3)24-28-21(13-33-24)17-8-9-18(25)19(26)11-17/h4-9,11,13-14,20H,10,12H2,1-3H3,(H,27,30)(H,31,32). The first-order chi connectivity index (χ1) is 15.6. The van der Waals surface area contributed by atoms with Gasteiger partial charge in [0.1, 0.15) is 6.04 Å². The maximum Gasteiger partial charge on any atom is 0.326 e. The van der Waals surface area contributed by atoms with E-state index in [1.165, 1.54) is 11.3 Å². The van der Waals surface area contributed by atoms with Crippen LogP contribution < -0.4 is 10.2 Å². The zero-order valence-electron chi connectivity index (χ0n) is 18.5. The molecule has 1 atom stereocenters. The number of hydrogen-bond acceptors (Lipinski definition) is 5. The minimum absolute atomic E-state index is 0.160. The Balaban J connectivity index is 1.64. The number of thiazole rings is 1. The quantitative estimate of drug-likeness (QED) is 0.373. The molecule has 0 radical (unpaired) electrons. The van der Waals surface area contributed by atoms with Crippen LogP contribution in [0.4, 0.5) is 5.13 Å². The van der Waals surface area contributed by atoms with Crippen molar-refractivity contribution in [3.8, 4) is 11.3 Å². The third kappa shape index (κ3) is 6.69. The number of amides is 1. The highest BCUT2D eigenvalue weighted by Crippen LogP contribution is 2.31. The minimum atomic E-state index is -1.03. The molecule has 0 saturated heterocycles. The summed E-state index contributed by atoms with van der Waals surface area (Å²) >= 11 is 13.6. The van der Waals surface area contributed by atoms with Crippen molar-refractivity contribution in [2.75, 3.05) is 11.9 Å². The van der Waals surface area contributed by atoms with Crippen molar-refractivity contribution in [1.29, 1.82) is 0 Å². The van der Waals surface area contributed by atoms with Crippen molar-refractivity contribution in [1.82, 2.24) is 10.3 Å². The fourth-order valence-corrected chi connectivity index (χ4v) is 4.36. The van der Waals surface area contributed by atoms with Crippen molar-refractivity contribution in [2.24, 2.45) is 5.92 Å². The van der Waals surface area contributed by atoms with Crippen LogP contribution in [0.25, 0.3) is 11.3 Å². The number of carbonyl (C=O) groups is 2. The molecule has 1 heterocycles. The summed E-state index contributed by atoms with van der Waals surface area (Å²) in [4.78, 5) is 30.6. The van der Waals surface area contributed by atoms with Gasteiger partial charge in [-0.1, -0.05) is 55.2 Å². The van der Waals surface area contributed by atoms with Crippen LogP contribution in [0.1, 0.15) is 36.2 Å². The lowest BCUT2D eigenvalue weighted by atomic mass is 10.0. The molecule has 0 aliphatic rings. The second-order valence-electron chi connectivity index (χ2n) is 8.19. The number of aromatic nitrogens is 1. The SMILES string of the molecule is CC(C)CC(NC(=O)c1ccc(CN(C)c2nc(-c3ccc(Cl)c(Cl)c3)cs2)cc1)C(=O)O. The van der Waals surface area contributed by atoms with E-state index in [0.29, 0.717) is 28.6 Å². The predicted molar refractivity (Wildman–Crippen MR) is 134 cm³/mol. The Kier molecular flexibility index (Phi) is 8.35. The molecule has 9 heteroatoms. The van der Waals surface area contributed by atoms with E-state index in [-0.39, 0.29) is 5.92 Å². The van der Waals surface area contributed by atoms with E-state index in [9.17, 15) is 14.7 Å². The summed E-state index contributed by atoms with van der Waals surface area (Å²) in [5.41, 5.74) is 3.14. The molecule has 0 fully saturated rings. The van der Waals surface area contributed by atoms with Gasteiger partial charge >= 0.3 is 5.97 Å². The number of benzene rings is 2. The topological polar surface area (TPSA) is 82.5 Å². The Morgan fingerprint density at radius 1 is 1.12 bits per heavy atom. The molecule has 0 aliphatic heterocycles. The number of carbonyl (C=O) groups excluding carboxylic acids is 1. The molecule has 2 N–H and O–H groups in total. The highest BCUT2D eigenvalue weighted by molar-refractivity contribution is 7.14. The van der Waals surface area contributed by atoms with Gasteiger partial charge in [-0.3, -0.25) is 4.79 Å². The van der Waals surface area contributed by atoms with E-state index in [2.05, 4.69) is 10.3 Å². The van der Waals surface area contributed by atoms with Gasteiger partial charge in [-0.05, 0) is 42.2 Å². The first-order valence-corrected chi connectivity index (χ1v) is 12.0. The fraction of sp³-hybridized carbons (Fsp3) is 0.292. The van der Waals surface area contributed by atoms with E-state index in [0.717, 1.165) is 22.0 Å². The number of anilines is 1. The Morgan fingerprint density at radius 3 is 2.42 bits per heavy atom. The zero-order chi connectivity index (χ0) is 24.1. The molecule has 0 saturated carbocycles. The average Bonchev–Trinajstić information content (AvgIpc) is 3.26. The van der Waals surface area contributed by atoms with Gasteiger partial charge in [0.05, 0.1) is 15.7 Å². The first-order valence-electron chi connectivity index (χ1n) is 10.4. The molecule has 3 aromatic rings. The molecule has 0 spiro atoms. The molecule has 0 bridgehead atoms. The van der Waals surface area contributed by atoms with E-state index < -0.39 is 17.9 Å². The van der Waals surface area contributed by atoms with Crippen molar-refractivity contribution >= 4 is 51.5 Å².